The van der Waals surface area contributed by atoms with E-state index in [1.807, 2.05) is 0 Å². The summed E-state index contributed by atoms with van der Waals surface area (Å²) in [6.45, 7) is 4.35. The number of aromatic nitrogens is 5. The van der Waals surface area contributed by atoms with E-state index in [4.69, 9.17) is 9.26 Å². The molecule has 2 aromatic heterocycles. The van der Waals surface area contributed by atoms with Crippen molar-refractivity contribution in [2.24, 2.45) is 0 Å². The molecule has 19 heavy (non-hydrogen) atoms. The third kappa shape index (κ3) is 2.49. The summed E-state index contributed by atoms with van der Waals surface area (Å²) in [5, 5.41) is 13.8. The Hall–Kier alpha value is -1.80. The van der Waals surface area contributed by atoms with Crippen LogP contribution in [0, 0.1) is 0 Å². The summed E-state index contributed by atoms with van der Waals surface area (Å²) in [5.74, 6) is 1.61. The molecule has 0 aliphatic carbocycles. The van der Waals surface area contributed by atoms with Gasteiger partial charge in [0.2, 0.25) is 11.7 Å². The van der Waals surface area contributed by atoms with Crippen molar-refractivity contribution in [3.63, 3.8) is 0 Å². The molecule has 2 aromatic rings. The SMILES string of the molecule is CCCNC1COCC1c1nc(-c2ncn[nH]2)no1. The van der Waals surface area contributed by atoms with Gasteiger partial charge in [0, 0.05) is 6.04 Å². The lowest BCUT2D eigenvalue weighted by Crippen LogP contribution is -2.34. The van der Waals surface area contributed by atoms with Crippen molar-refractivity contribution in [3.05, 3.63) is 12.2 Å². The maximum Gasteiger partial charge on any atom is 0.239 e. The summed E-state index contributed by atoms with van der Waals surface area (Å²) in [6.07, 6.45) is 2.49. The van der Waals surface area contributed by atoms with Gasteiger partial charge in [-0.2, -0.15) is 10.1 Å². The Kier molecular flexibility index (Phi) is 3.51. The number of hydrogen-bond donors (Lipinski definition) is 2. The van der Waals surface area contributed by atoms with Crippen molar-refractivity contribution < 1.29 is 9.26 Å². The molecule has 1 aliphatic rings. The standard InChI is InChI=1S/C11H16N6O2/c1-2-3-12-8-5-18-4-7(8)11-15-10(17-19-11)9-13-6-14-16-9/h6-8,12H,2-5H2,1H3,(H,13,14,16). The molecule has 8 heteroatoms. The van der Waals surface area contributed by atoms with Crippen LogP contribution in [-0.4, -0.2) is 51.1 Å². The van der Waals surface area contributed by atoms with Crippen molar-refractivity contribution in [1.82, 2.24) is 30.6 Å². The van der Waals surface area contributed by atoms with Gasteiger partial charge in [-0.3, -0.25) is 5.10 Å². The number of rotatable bonds is 5. The van der Waals surface area contributed by atoms with E-state index in [1.54, 1.807) is 0 Å². The van der Waals surface area contributed by atoms with Crippen molar-refractivity contribution in [3.8, 4) is 11.6 Å². The van der Waals surface area contributed by atoms with Crippen molar-refractivity contribution in [1.29, 1.82) is 0 Å². The molecule has 0 saturated carbocycles. The van der Waals surface area contributed by atoms with Gasteiger partial charge in [-0.05, 0) is 13.0 Å². The Balaban J connectivity index is 1.75. The highest BCUT2D eigenvalue weighted by molar-refractivity contribution is 5.39. The average Bonchev–Trinajstić information content (AvgIpc) is 3.14. The summed E-state index contributed by atoms with van der Waals surface area (Å²) >= 11 is 0. The molecule has 0 radical (unpaired) electrons. The van der Waals surface area contributed by atoms with Gasteiger partial charge in [-0.15, -0.1) is 0 Å². The van der Waals surface area contributed by atoms with Gasteiger partial charge >= 0.3 is 0 Å². The van der Waals surface area contributed by atoms with E-state index in [2.05, 4.69) is 37.6 Å². The van der Waals surface area contributed by atoms with Crippen LogP contribution in [-0.2, 0) is 4.74 Å². The first kappa shape index (κ1) is 12.2. The third-order valence-corrected chi connectivity index (χ3v) is 3.12. The monoisotopic (exact) mass is 264 g/mol. The van der Waals surface area contributed by atoms with Crippen LogP contribution in [0.4, 0.5) is 0 Å². The highest BCUT2D eigenvalue weighted by Gasteiger charge is 2.33. The molecular weight excluding hydrogens is 248 g/mol. The molecule has 2 atom stereocenters. The zero-order valence-corrected chi connectivity index (χ0v) is 10.7. The molecule has 1 aliphatic heterocycles. The van der Waals surface area contributed by atoms with E-state index in [-0.39, 0.29) is 12.0 Å². The molecule has 3 rings (SSSR count). The predicted molar refractivity (Wildman–Crippen MR) is 65.3 cm³/mol. The minimum absolute atomic E-state index is 0.0933. The van der Waals surface area contributed by atoms with E-state index < -0.39 is 0 Å². The Morgan fingerprint density at radius 2 is 2.42 bits per heavy atom. The molecule has 0 spiro atoms. The van der Waals surface area contributed by atoms with Gasteiger partial charge in [0.05, 0.1) is 19.1 Å². The molecular formula is C11H16N6O2. The van der Waals surface area contributed by atoms with Crippen molar-refractivity contribution in [2.45, 2.75) is 25.3 Å². The fourth-order valence-electron chi connectivity index (χ4n) is 2.12. The van der Waals surface area contributed by atoms with Gasteiger partial charge in [-0.1, -0.05) is 12.1 Å². The molecule has 1 saturated heterocycles. The Labute approximate surface area is 110 Å². The van der Waals surface area contributed by atoms with Crippen LogP contribution < -0.4 is 5.32 Å². The van der Waals surface area contributed by atoms with Gasteiger partial charge in [0.25, 0.3) is 0 Å². The molecule has 0 aromatic carbocycles. The van der Waals surface area contributed by atoms with Crippen LogP contribution in [0.1, 0.15) is 25.2 Å². The fourth-order valence-corrected chi connectivity index (χ4v) is 2.12. The summed E-state index contributed by atoms with van der Waals surface area (Å²) in [5.41, 5.74) is 0. The van der Waals surface area contributed by atoms with Crippen LogP contribution in [0.3, 0.4) is 0 Å². The average molecular weight is 264 g/mol. The van der Waals surface area contributed by atoms with Crippen LogP contribution in [0.15, 0.2) is 10.9 Å². The second-order valence-corrected chi connectivity index (χ2v) is 4.49. The zero-order chi connectivity index (χ0) is 13.1. The van der Waals surface area contributed by atoms with Crippen LogP contribution >= 0.6 is 0 Å². The molecule has 0 amide bonds. The first-order valence-electron chi connectivity index (χ1n) is 6.39. The number of H-pyrrole nitrogens is 1. The maximum atomic E-state index is 5.50. The van der Waals surface area contributed by atoms with E-state index >= 15 is 0 Å². The van der Waals surface area contributed by atoms with Gasteiger partial charge in [0.15, 0.2) is 5.82 Å². The van der Waals surface area contributed by atoms with Crippen LogP contribution in [0.25, 0.3) is 11.6 Å². The summed E-state index contributed by atoms with van der Waals surface area (Å²) in [4.78, 5) is 8.36. The molecule has 0 bridgehead atoms. The lowest BCUT2D eigenvalue weighted by molar-refractivity contribution is 0.184. The number of aromatic amines is 1. The zero-order valence-electron chi connectivity index (χ0n) is 10.7. The molecule has 8 nitrogen and oxygen atoms in total. The topological polar surface area (TPSA) is 102 Å². The van der Waals surface area contributed by atoms with E-state index in [1.165, 1.54) is 6.33 Å². The number of hydrogen-bond acceptors (Lipinski definition) is 7. The summed E-state index contributed by atoms with van der Waals surface area (Å²) in [7, 11) is 0. The molecule has 3 heterocycles. The van der Waals surface area contributed by atoms with Crippen molar-refractivity contribution in [2.75, 3.05) is 19.8 Å². The van der Waals surface area contributed by atoms with E-state index in [9.17, 15) is 0 Å². The number of nitrogens with one attached hydrogen (secondary N) is 2. The van der Waals surface area contributed by atoms with Gasteiger partial charge in [-0.25, -0.2) is 4.98 Å². The second-order valence-electron chi connectivity index (χ2n) is 4.49. The summed E-state index contributed by atoms with van der Waals surface area (Å²) in [6, 6.07) is 0.225. The van der Waals surface area contributed by atoms with E-state index in [0.717, 1.165) is 13.0 Å². The second kappa shape index (κ2) is 5.45. The molecule has 102 valence electrons. The smallest absolute Gasteiger partial charge is 0.239 e. The van der Waals surface area contributed by atoms with Gasteiger partial charge < -0.3 is 14.6 Å². The first-order chi connectivity index (χ1) is 9.38. The highest BCUT2D eigenvalue weighted by atomic mass is 16.5. The summed E-state index contributed by atoms with van der Waals surface area (Å²) < 4.78 is 10.8. The fraction of sp³-hybridized carbons (Fsp3) is 0.636. The lowest BCUT2D eigenvalue weighted by atomic mass is 10.0. The quantitative estimate of drug-likeness (QED) is 0.802. The molecule has 2 N–H and O–H groups in total. The van der Waals surface area contributed by atoms with Gasteiger partial charge in [0.1, 0.15) is 6.33 Å². The Bertz CT molecular complexity index is 511. The highest BCUT2D eigenvalue weighted by Crippen LogP contribution is 2.25. The third-order valence-electron chi connectivity index (χ3n) is 3.12. The Morgan fingerprint density at radius 3 is 3.21 bits per heavy atom. The predicted octanol–water partition coefficient (Wildman–Crippen LogP) is 0.337. The molecule has 1 fully saturated rings. The van der Waals surface area contributed by atoms with E-state index in [0.29, 0.717) is 30.8 Å². The number of ether oxygens (including phenoxy) is 1. The maximum absolute atomic E-state index is 5.50. The Morgan fingerprint density at radius 1 is 1.47 bits per heavy atom. The molecule has 2 unspecified atom stereocenters. The van der Waals surface area contributed by atoms with Crippen LogP contribution in [0.2, 0.25) is 0 Å². The first-order valence-corrected chi connectivity index (χ1v) is 6.39. The lowest BCUT2D eigenvalue weighted by Gasteiger charge is -2.14. The van der Waals surface area contributed by atoms with Crippen LogP contribution in [0.5, 0.6) is 0 Å². The van der Waals surface area contributed by atoms with Crippen molar-refractivity contribution >= 4 is 0 Å². The minimum Gasteiger partial charge on any atom is -0.379 e. The number of nitrogens with zero attached hydrogens (tertiary/aromatic N) is 4. The minimum atomic E-state index is 0.0933. The normalized spacial score (nSPS) is 23.0. The largest absolute Gasteiger partial charge is 0.379 e.